The van der Waals surface area contributed by atoms with Crippen LogP contribution in [-0.4, -0.2) is 26.1 Å². The molecule has 0 saturated carbocycles. The number of nitrogens with one attached hydrogen (secondary N) is 1. The van der Waals surface area contributed by atoms with Gasteiger partial charge >= 0.3 is 0 Å². The summed E-state index contributed by atoms with van der Waals surface area (Å²) in [7, 11) is 0. The lowest BCUT2D eigenvalue weighted by Crippen LogP contribution is -2.12. The second-order valence-corrected chi connectivity index (χ2v) is 5.54. The number of tetrazole rings is 1. The zero-order valence-electron chi connectivity index (χ0n) is 13.0. The first-order chi connectivity index (χ1) is 11.1. The van der Waals surface area contributed by atoms with E-state index in [0.717, 1.165) is 11.4 Å². The maximum absolute atomic E-state index is 12.3. The number of nitrogens with zero attached hydrogens (tertiary/aromatic N) is 4. The number of hydrogen-bond acceptors (Lipinski definition) is 4. The average molecular weight is 307 g/mol. The fourth-order valence-corrected chi connectivity index (χ4v) is 2.22. The lowest BCUT2D eigenvalue weighted by molar-refractivity contribution is 0.102. The summed E-state index contributed by atoms with van der Waals surface area (Å²) in [5, 5.41) is 13.9. The van der Waals surface area contributed by atoms with E-state index < -0.39 is 0 Å². The lowest BCUT2D eigenvalue weighted by Gasteiger charge is -2.10. The van der Waals surface area contributed by atoms with Gasteiger partial charge in [-0.15, -0.1) is 5.10 Å². The van der Waals surface area contributed by atoms with Crippen molar-refractivity contribution in [2.24, 2.45) is 0 Å². The van der Waals surface area contributed by atoms with E-state index in [1.807, 2.05) is 18.2 Å². The first-order valence-electron chi connectivity index (χ1n) is 7.38. The molecule has 1 N–H and O–H groups in total. The maximum atomic E-state index is 12.3. The van der Waals surface area contributed by atoms with Gasteiger partial charge in [0.25, 0.3) is 5.91 Å². The minimum Gasteiger partial charge on any atom is -0.322 e. The van der Waals surface area contributed by atoms with Gasteiger partial charge in [-0.2, -0.15) is 0 Å². The van der Waals surface area contributed by atoms with Crippen LogP contribution in [0.5, 0.6) is 0 Å². The van der Waals surface area contributed by atoms with Crippen LogP contribution >= 0.6 is 0 Å². The largest absolute Gasteiger partial charge is 0.322 e. The molecular weight excluding hydrogens is 290 g/mol. The van der Waals surface area contributed by atoms with Crippen LogP contribution in [0, 0.1) is 0 Å². The van der Waals surface area contributed by atoms with Crippen LogP contribution in [-0.2, 0) is 0 Å². The highest BCUT2D eigenvalue weighted by atomic mass is 16.1. The monoisotopic (exact) mass is 307 g/mol. The predicted molar refractivity (Wildman–Crippen MR) is 87.6 cm³/mol. The van der Waals surface area contributed by atoms with E-state index in [-0.39, 0.29) is 5.91 Å². The van der Waals surface area contributed by atoms with Gasteiger partial charge in [-0.3, -0.25) is 4.79 Å². The van der Waals surface area contributed by atoms with Crippen molar-refractivity contribution in [3.8, 4) is 5.69 Å². The Kier molecular flexibility index (Phi) is 4.14. The summed E-state index contributed by atoms with van der Waals surface area (Å²) < 4.78 is 1.54. The summed E-state index contributed by atoms with van der Waals surface area (Å²) in [6.07, 6.45) is 1.51. The van der Waals surface area contributed by atoms with Crippen molar-refractivity contribution in [2.45, 2.75) is 19.8 Å². The van der Waals surface area contributed by atoms with Gasteiger partial charge in [-0.1, -0.05) is 26.0 Å². The van der Waals surface area contributed by atoms with Gasteiger partial charge in [0.1, 0.15) is 6.33 Å². The molecule has 0 radical (unpaired) electrons. The molecule has 23 heavy (non-hydrogen) atoms. The van der Waals surface area contributed by atoms with E-state index in [4.69, 9.17) is 0 Å². The van der Waals surface area contributed by atoms with E-state index in [1.54, 1.807) is 24.3 Å². The van der Waals surface area contributed by atoms with Gasteiger partial charge in [0.05, 0.1) is 5.69 Å². The Balaban J connectivity index is 1.74. The Bertz CT molecular complexity index is 794. The number of amides is 1. The Labute approximate surface area is 134 Å². The van der Waals surface area contributed by atoms with Crippen LogP contribution < -0.4 is 5.32 Å². The molecule has 6 nitrogen and oxygen atoms in total. The zero-order valence-corrected chi connectivity index (χ0v) is 13.0. The molecule has 0 aliphatic carbocycles. The number of anilines is 1. The Morgan fingerprint density at radius 2 is 1.91 bits per heavy atom. The standard InChI is InChI=1S/C17H17N5O/c1-12(2)14-4-3-5-15(10-14)19-17(23)13-6-8-16(9-7-13)22-11-18-20-21-22/h3-12H,1-2H3,(H,19,23). The molecule has 1 aromatic heterocycles. The number of carbonyl (C=O) groups excluding carboxylic acids is 1. The molecule has 3 rings (SSSR count). The number of hydrogen-bond donors (Lipinski definition) is 1. The van der Waals surface area contributed by atoms with Crippen molar-refractivity contribution in [3.63, 3.8) is 0 Å². The molecule has 0 aliphatic heterocycles. The van der Waals surface area contributed by atoms with Crippen LogP contribution in [0.3, 0.4) is 0 Å². The molecule has 0 spiro atoms. The van der Waals surface area contributed by atoms with Crippen molar-refractivity contribution < 1.29 is 4.79 Å². The van der Waals surface area contributed by atoms with Crippen LogP contribution in [0.25, 0.3) is 5.69 Å². The van der Waals surface area contributed by atoms with Gasteiger partial charge in [0, 0.05) is 11.3 Å². The second-order valence-electron chi connectivity index (χ2n) is 5.54. The topological polar surface area (TPSA) is 72.7 Å². The van der Waals surface area contributed by atoms with Crippen molar-refractivity contribution in [1.29, 1.82) is 0 Å². The van der Waals surface area contributed by atoms with Crippen molar-refractivity contribution >= 4 is 11.6 Å². The van der Waals surface area contributed by atoms with Gasteiger partial charge in [0.15, 0.2) is 0 Å². The molecule has 6 heteroatoms. The molecular formula is C17H17N5O. The number of carbonyl (C=O) groups is 1. The number of rotatable bonds is 4. The fraction of sp³-hybridized carbons (Fsp3) is 0.176. The van der Waals surface area contributed by atoms with Gasteiger partial charge in [-0.25, -0.2) is 4.68 Å². The molecule has 0 fully saturated rings. The van der Waals surface area contributed by atoms with Crippen LogP contribution in [0.4, 0.5) is 5.69 Å². The highest BCUT2D eigenvalue weighted by molar-refractivity contribution is 6.04. The SMILES string of the molecule is CC(C)c1cccc(NC(=O)c2ccc(-n3cnnn3)cc2)c1. The lowest BCUT2D eigenvalue weighted by atomic mass is 10.0. The summed E-state index contributed by atoms with van der Waals surface area (Å²) in [5.41, 5.74) is 3.37. The second kappa shape index (κ2) is 6.39. The van der Waals surface area contributed by atoms with Gasteiger partial charge in [0.2, 0.25) is 0 Å². The predicted octanol–water partition coefficient (Wildman–Crippen LogP) is 3.04. The summed E-state index contributed by atoms with van der Waals surface area (Å²) in [6, 6.07) is 15.0. The summed E-state index contributed by atoms with van der Waals surface area (Å²) in [6.45, 7) is 4.25. The van der Waals surface area contributed by atoms with E-state index in [0.29, 0.717) is 11.5 Å². The van der Waals surface area contributed by atoms with Crippen molar-refractivity contribution in [2.75, 3.05) is 5.32 Å². The average Bonchev–Trinajstić information content (AvgIpc) is 3.09. The van der Waals surface area contributed by atoms with Crippen LogP contribution in [0.15, 0.2) is 54.9 Å². The molecule has 0 saturated heterocycles. The van der Waals surface area contributed by atoms with E-state index in [2.05, 4.69) is 40.8 Å². The maximum Gasteiger partial charge on any atom is 0.255 e. The molecule has 2 aromatic carbocycles. The molecule has 116 valence electrons. The molecule has 0 aliphatic rings. The molecule has 0 unspecified atom stereocenters. The highest BCUT2D eigenvalue weighted by Crippen LogP contribution is 2.19. The Morgan fingerprint density at radius 1 is 1.13 bits per heavy atom. The third-order valence-corrected chi connectivity index (χ3v) is 3.55. The Morgan fingerprint density at radius 3 is 2.57 bits per heavy atom. The molecule has 1 amide bonds. The highest BCUT2D eigenvalue weighted by Gasteiger charge is 2.08. The molecule has 0 atom stereocenters. The van der Waals surface area contributed by atoms with Crippen LogP contribution in [0.1, 0.15) is 35.7 Å². The van der Waals surface area contributed by atoms with Crippen LogP contribution in [0.2, 0.25) is 0 Å². The smallest absolute Gasteiger partial charge is 0.255 e. The van der Waals surface area contributed by atoms with E-state index >= 15 is 0 Å². The summed E-state index contributed by atoms with van der Waals surface area (Å²) >= 11 is 0. The molecule has 0 bridgehead atoms. The Hall–Kier alpha value is -3.02. The third kappa shape index (κ3) is 3.42. The van der Waals surface area contributed by atoms with Crippen molar-refractivity contribution in [3.05, 3.63) is 66.0 Å². The zero-order chi connectivity index (χ0) is 16.2. The quantitative estimate of drug-likeness (QED) is 0.804. The minimum absolute atomic E-state index is 0.144. The summed E-state index contributed by atoms with van der Waals surface area (Å²) in [4.78, 5) is 12.3. The van der Waals surface area contributed by atoms with Gasteiger partial charge in [-0.05, 0) is 58.3 Å². The van der Waals surface area contributed by atoms with E-state index in [9.17, 15) is 4.79 Å². The minimum atomic E-state index is -0.144. The fourth-order valence-electron chi connectivity index (χ4n) is 2.22. The molecule has 3 aromatic rings. The van der Waals surface area contributed by atoms with Gasteiger partial charge < -0.3 is 5.32 Å². The summed E-state index contributed by atoms with van der Waals surface area (Å²) in [5.74, 6) is 0.275. The molecule has 1 heterocycles. The van der Waals surface area contributed by atoms with Crippen molar-refractivity contribution in [1.82, 2.24) is 20.2 Å². The number of aromatic nitrogens is 4. The number of benzene rings is 2. The first-order valence-corrected chi connectivity index (χ1v) is 7.38. The normalized spacial score (nSPS) is 10.7. The third-order valence-electron chi connectivity index (χ3n) is 3.55. The van der Waals surface area contributed by atoms with E-state index in [1.165, 1.54) is 16.6 Å². The first kappa shape index (κ1) is 14.9.